The zero-order valence-corrected chi connectivity index (χ0v) is 10.1. The fraction of sp³-hybridized carbons (Fsp3) is 0.364. The van der Waals surface area contributed by atoms with Crippen molar-refractivity contribution in [3.63, 3.8) is 0 Å². The van der Waals surface area contributed by atoms with Crippen molar-refractivity contribution in [2.24, 2.45) is 0 Å². The van der Waals surface area contributed by atoms with Gasteiger partial charge in [0.25, 0.3) is 0 Å². The molecular formula is C11H14FNO2S. The van der Waals surface area contributed by atoms with E-state index in [-0.39, 0.29) is 17.5 Å². The topological polar surface area (TPSA) is 38.3 Å². The van der Waals surface area contributed by atoms with E-state index in [2.05, 4.69) is 10.1 Å². The molecule has 1 rings (SSSR count). The maximum absolute atomic E-state index is 13.0. The van der Waals surface area contributed by atoms with Gasteiger partial charge in [-0.15, -0.1) is 11.8 Å². The van der Waals surface area contributed by atoms with Crippen molar-refractivity contribution in [2.45, 2.75) is 11.4 Å². The van der Waals surface area contributed by atoms with E-state index in [9.17, 15) is 9.18 Å². The monoisotopic (exact) mass is 243 g/mol. The summed E-state index contributed by atoms with van der Waals surface area (Å²) in [6.07, 6.45) is 0. The number of carbonyl (C=O) groups excluding carboxylic acids is 1. The van der Waals surface area contributed by atoms with Crippen LogP contribution in [0, 0.1) is 5.82 Å². The molecule has 0 amide bonds. The Kier molecular flexibility index (Phi) is 5.28. The maximum atomic E-state index is 13.0. The van der Waals surface area contributed by atoms with Gasteiger partial charge in [-0.1, -0.05) is 0 Å². The van der Waals surface area contributed by atoms with Gasteiger partial charge in [0.2, 0.25) is 0 Å². The van der Waals surface area contributed by atoms with Crippen LogP contribution in [0.4, 0.5) is 4.39 Å². The molecule has 0 aliphatic heterocycles. The van der Waals surface area contributed by atoms with Gasteiger partial charge in [-0.3, -0.25) is 4.79 Å². The van der Waals surface area contributed by atoms with Gasteiger partial charge in [0, 0.05) is 11.4 Å². The van der Waals surface area contributed by atoms with Crippen molar-refractivity contribution < 1.29 is 13.9 Å². The molecule has 0 aliphatic rings. The summed E-state index contributed by atoms with van der Waals surface area (Å²) in [7, 11) is 3.14. The number of hydrogen-bond donors (Lipinski definition) is 1. The Morgan fingerprint density at radius 3 is 2.94 bits per heavy atom. The first kappa shape index (κ1) is 13.0. The molecular weight excluding hydrogens is 229 g/mol. The molecule has 0 aromatic heterocycles. The van der Waals surface area contributed by atoms with Crippen molar-refractivity contribution >= 4 is 17.7 Å². The normalized spacial score (nSPS) is 10.2. The lowest BCUT2D eigenvalue weighted by Gasteiger charge is -2.08. The molecule has 16 heavy (non-hydrogen) atoms. The van der Waals surface area contributed by atoms with Crippen LogP contribution in [0.5, 0.6) is 0 Å². The molecule has 1 aromatic carbocycles. The molecule has 3 nitrogen and oxygen atoms in total. The first-order valence-corrected chi connectivity index (χ1v) is 5.78. The van der Waals surface area contributed by atoms with E-state index in [1.54, 1.807) is 13.1 Å². The van der Waals surface area contributed by atoms with Crippen molar-refractivity contribution in [3.05, 3.63) is 29.6 Å². The Morgan fingerprint density at radius 2 is 2.31 bits per heavy atom. The summed E-state index contributed by atoms with van der Waals surface area (Å²) in [5, 5.41) is 2.96. The number of hydrogen-bond acceptors (Lipinski definition) is 4. The Balaban J connectivity index is 2.73. The predicted molar refractivity (Wildman–Crippen MR) is 61.9 cm³/mol. The van der Waals surface area contributed by atoms with Crippen LogP contribution < -0.4 is 5.32 Å². The van der Waals surface area contributed by atoms with Gasteiger partial charge in [-0.05, 0) is 30.8 Å². The second-order valence-electron chi connectivity index (χ2n) is 3.15. The summed E-state index contributed by atoms with van der Waals surface area (Å²) in [6.45, 7) is 0.571. The zero-order valence-electron chi connectivity index (χ0n) is 9.25. The molecule has 1 aromatic rings. The molecule has 0 saturated carbocycles. The molecule has 0 unspecified atom stereocenters. The highest BCUT2D eigenvalue weighted by molar-refractivity contribution is 8.00. The summed E-state index contributed by atoms with van der Waals surface area (Å²) in [5.41, 5.74) is 0.844. The minimum atomic E-state index is -0.287. The molecule has 0 bridgehead atoms. The maximum Gasteiger partial charge on any atom is 0.315 e. The average Bonchev–Trinajstić information content (AvgIpc) is 2.28. The van der Waals surface area contributed by atoms with Crippen LogP contribution >= 0.6 is 11.8 Å². The molecule has 5 heteroatoms. The van der Waals surface area contributed by atoms with E-state index in [4.69, 9.17) is 0 Å². The van der Waals surface area contributed by atoms with Crippen LogP contribution in [-0.4, -0.2) is 25.9 Å². The SMILES string of the molecule is CNCc1cc(F)ccc1SCC(=O)OC. The Bertz CT molecular complexity index is 371. The number of nitrogens with one attached hydrogen (secondary N) is 1. The van der Waals surface area contributed by atoms with Crippen molar-refractivity contribution in [2.75, 3.05) is 19.9 Å². The molecule has 0 spiro atoms. The van der Waals surface area contributed by atoms with Crippen molar-refractivity contribution in [1.82, 2.24) is 5.32 Å². The number of halogens is 1. The lowest BCUT2D eigenvalue weighted by atomic mass is 10.2. The van der Waals surface area contributed by atoms with E-state index < -0.39 is 0 Å². The van der Waals surface area contributed by atoms with Gasteiger partial charge < -0.3 is 10.1 Å². The molecule has 1 N–H and O–H groups in total. The van der Waals surface area contributed by atoms with Crippen LogP contribution in [0.25, 0.3) is 0 Å². The van der Waals surface area contributed by atoms with Crippen LogP contribution in [0.1, 0.15) is 5.56 Å². The number of methoxy groups -OCH3 is 1. The number of benzene rings is 1. The van der Waals surface area contributed by atoms with Crippen molar-refractivity contribution in [1.29, 1.82) is 0 Å². The van der Waals surface area contributed by atoms with Crippen LogP contribution in [-0.2, 0) is 16.1 Å². The first-order chi connectivity index (χ1) is 7.67. The van der Waals surface area contributed by atoms with Crippen LogP contribution in [0.2, 0.25) is 0 Å². The van der Waals surface area contributed by atoms with E-state index in [0.29, 0.717) is 6.54 Å². The molecule has 0 heterocycles. The lowest BCUT2D eigenvalue weighted by molar-refractivity contribution is -0.137. The number of esters is 1. The number of carbonyl (C=O) groups is 1. The van der Waals surface area contributed by atoms with Gasteiger partial charge >= 0.3 is 5.97 Å². The minimum absolute atomic E-state index is 0.235. The second-order valence-corrected chi connectivity index (χ2v) is 4.16. The molecule has 0 saturated heterocycles. The third kappa shape index (κ3) is 3.83. The molecule has 0 atom stereocenters. The smallest absolute Gasteiger partial charge is 0.315 e. The average molecular weight is 243 g/mol. The number of ether oxygens (including phenoxy) is 1. The van der Waals surface area contributed by atoms with E-state index in [1.165, 1.54) is 31.0 Å². The highest BCUT2D eigenvalue weighted by atomic mass is 32.2. The van der Waals surface area contributed by atoms with E-state index in [1.807, 2.05) is 0 Å². The molecule has 88 valence electrons. The minimum Gasteiger partial charge on any atom is -0.468 e. The fourth-order valence-electron chi connectivity index (χ4n) is 1.21. The Hall–Kier alpha value is -1.07. The third-order valence-electron chi connectivity index (χ3n) is 1.96. The van der Waals surface area contributed by atoms with Gasteiger partial charge in [-0.2, -0.15) is 0 Å². The zero-order chi connectivity index (χ0) is 12.0. The molecule has 0 aliphatic carbocycles. The standard InChI is InChI=1S/C11H14FNO2S/c1-13-6-8-5-9(12)3-4-10(8)16-7-11(14)15-2/h3-5,13H,6-7H2,1-2H3. The van der Waals surface area contributed by atoms with E-state index in [0.717, 1.165) is 10.5 Å². The van der Waals surface area contributed by atoms with Crippen LogP contribution in [0.3, 0.4) is 0 Å². The lowest BCUT2D eigenvalue weighted by Crippen LogP contribution is -2.08. The Labute approximate surface area is 98.4 Å². The van der Waals surface area contributed by atoms with Gasteiger partial charge in [0.15, 0.2) is 0 Å². The number of thioether (sulfide) groups is 1. The second kappa shape index (κ2) is 6.50. The Morgan fingerprint density at radius 1 is 1.56 bits per heavy atom. The van der Waals surface area contributed by atoms with Crippen LogP contribution in [0.15, 0.2) is 23.1 Å². The number of rotatable bonds is 5. The summed E-state index contributed by atoms with van der Waals surface area (Å²) in [5.74, 6) is -0.323. The molecule has 0 fully saturated rings. The summed E-state index contributed by atoms with van der Waals surface area (Å²) in [4.78, 5) is 11.9. The van der Waals surface area contributed by atoms with Gasteiger partial charge in [0.1, 0.15) is 5.82 Å². The van der Waals surface area contributed by atoms with Gasteiger partial charge in [-0.25, -0.2) is 4.39 Å². The summed E-state index contributed by atoms with van der Waals surface area (Å²) < 4.78 is 17.6. The largest absolute Gasteiger partial charge is 0.468 e. The third-order valence-corrected chi connectivity index (χ3v) is 3.05. The highest BCUT2D eigenvalue weighted by Gasteiger charge is 2.07. The summed E-state index contributed by atoms with van der Waals surface area (Å²) >= 11 is 1.35. The predicted octanol–water partition coefficient (Wildman–Crippen LogP) is 1.81. The van der Waals surface area contributed by atoms with Crippen molar-refractivity contribution in [3.8, 4) is 0 Å². The quantitative estimate of drug-likeness (QED) is 0.632. The first-order valence-electron chi connectivity index (χ1n) is 4.80. The fourth-order valence-corrected chi connectivity index (χ4v) is 2.08. The van der Waals surface area contributed by atoms with Gasteiger partial charge in [0.05, 0.1) is 12.9 Å². The van der Waals surface area contributed by atoms with E-state index >= 15 is 0 Å². The highest BCUT2D eigenvalue weighted by Crippen LogP contribution is 2.23. The molecule has 0 radical (unpaired) electrons. The summed E-state index contributed by atoms with van der Waals surface area (Å²) in [6, 6.07) is 4.53.